The zero-order chi connectivity index (χ0) is 35.5. The fourth-order valence-corrected chi connectivity index (χ4v) is 5.79. The van der Waals surface area contributed by atoms with Crippen LogP contribution >= 0.6 is 0 Å². The Kier molecular flexibility index (Phi) is 9.25. The van der Waals surface area contributed by atoms with E-state index in [-0.39, 0.29) is 17.7 Å². The van der Waals surface area contributed by atoms with Crippen molar-refractivity contribution in [3.63, 3.8) is 0 Å². The van der Waals surface area contributed by atoms with Crippen molar-refractivity contribution in [1.29, 1.82) is 0 Å². The first-order valence-corrected chi connectivity index (χ1v) is 15.7. The SMILES string of the molecule is COc1ccc(-c2cn3cc(-c4cccc(F)c4CO)ccc3n2)cn1.OCc1c(F)cccc1-c1ccc2nc(-c3ccncc3F)cn2c1. The number of hydrogen-bond donors (Lipinski definition) is 2. The number of aliphatic hydroxyl groups is 2. The van der Waals surface area contributed by atoms with Crippen molar-refractivity contribution < 1.29 is 28.1 Å². The summed E-state index contributed by atoms with van der Waals surface area (Å²) < 4.78 is 50.4. The van der Waals surface area contributed by atoms with Gasteiger partial charge in [0.05, 0.1) is 37.9 Å². The minimum atomic E-state index is -0.453. The fraction of sp³-hybridized carbons (Fsp3) is 0.0769. The molecule has 9 nitrogen and oxygen atoms in total. The van der Waals surface area contributed by atoms with Gasteiger partial charge in [-0.1, -0.05) is 24.3 Å². The first-order valence-electron chi connectivity index (χ1n) is 15.7. The Bertz CT molecular complexity index is 2500. The molecule has 12 heteroatoms. The molecule has 0 atom stereocenters. The Morgan fingerprint density at radius 2 is 1.16 bits per heavy atom. The van der Waals surface area contributed by atoms with E-state index in [4.69, 9.17) is 4.74 Å². The second kappa shape index (κ2) is 14.2. The quantitative estimate of drug-likeness (QED) is 0.178. The van der Waals surface area contributed by atoms with E-state index in [1.54, 1.807) is 78.6 Å². The molecule has 8 rings (SSSR count). The Balaban J connectivity index is 0.000000159. The topological polar surface area (TPSA) is 110 Å². The number of aromatic nitrogens is 6. The van der Waals surface area contributed by atoms with Crippen molar-refractivity contribution in [2.45, 2.75) is 13.2 Å². The molecule has 0 saturated carbocycles. The standard InChI is InChI=1S/C20H16FN3O2.C19H13F2N3O/c1-26-20-8-6-13(9-22-20)18-11-24-10-14(5-7-19(24)23-18)15-3-2-4-17(21)16(15)12-25;20-16-3-1-2-13(15(16)11-25)12-4-5-19-23-18(10-24(19)9-12)14-6-7-22-8-17(14)21/h2-11,25H,12H2,1H3;1-10,25H,11H2. The normalized spacial score (nSPS) is 11.1. The van der Waals surface area contributed by atoms with Gasteiger partial charge in [0.2, 0.25) is 5.88 Å². The second-order valence-corrected chi connectivity index (χ2v) is 11.4. The molecule has 0 spiro atoms. The van der Waals surface area contributed by atoms with Crippen LogP contribution in [0.2, 0.25) is 0 Å². The zero-order valence-corrected chi connectivity index (χ0v) is 27.1. The van der Waals surface area contributed by atoms with Crippen LogP contribution in [0, 0.1) is 17.5 Å². The summed E-state index contributed by atoms with van der Waals surface area (Å²) in [6.07, 6.45) is 11.6. The van der Waals surface area contributed by atoms with Crippen LogP contribution in [-0.4, -0.2) is 46.1 Å². The third kappa shape index (κ3) is 6.65. The summed E-state index contributed by atoms with van der Waals surface area (Å²) in [5.74, 6) is -0.771. The molecule has 51 heavy (non-hydrogen) atoms. The summed E-state index contributed by atoms with van der Waals surface area (Å²) in [4.78, 5) is 16.9. The third-order valence-electron chi connectivity index (χ3n) is 8.37. The average molecular weight is 687 g/mol. The van der Waals surface area contributed by atoms with Gasteiger partial charge in [-0.2, -0.15) is 0 Å². The third-order valence-corrected chi connectivity index (χ3v) is 8.37. The number of nitrogens with zero attached hydrogens (tertiary/aromatic N) is 6. The van der Waals surface area contributed by atoms with E-state index in [1.807, 2.05) is 35.0 Å². The molecule has 0 unspecified atom stereocenters. The van der Waals surface area contributed by atoms with E-state index in [1.165, 1.54) is 18.3 Å². The number of benzene rings is 2. The van der Waals surface area contributed by atoms with Gasteiger partial charge in [-0.25, -0.2) is 28.1 Å². The molecule has 0 amide bonds. The average Bonchev–Trinajstić information content (AvgIpc) is 3.79. The number of aliphatic hydroxyl groups excluding tert-OH is 2. The van der Waals surface area contributed by atoms with E-state index in [0.717, 1.165) is 34.2 Å². The molecule has 254 valence electrons. The van der Waals surface area contributed by atoms with Crippen LogP contribution in [0.1, 0.15) is 11.1 Å². The lowest BCUT2D eigenvalue weighted by molar-refractivity contribution is 0.276. The number of hydrogen-bond acceptors (Lipinski definition) is 7. The van der Waals surface area contributed by atoms with E-state index in [2.05, 4.69) is 19.9 Å². The fourth-order valence-electron chi connectivity index (χ4n) is 5.79. The molecule has 0 fully saturated rings. The maximum absolute atomic E-state index is 13.9. The van der Waals surface area contributed by atoms with Crippen LogP contribution in [0.15, 0.2) is 122 Å². The van der Waals surface area contributed by atoms with Gasteiger partial charge >= 0.3 is 0 Å². The molecule has 2 N–H and O–H groups in total. The molecule has 0 aliphatic heterocycles. The van der Waals surface area contributed by atoms with Gasteiger partial charge in [-0.05, 0) is 70.8 Å². The summed E-state index contributed by atoms with van der Waals surface area (Å²) in [5, 5.41) is 18.9. The molecule has 8 aromatic rings. The van der Waals surface area contributed by atoms with Crippen molar-refractivity contribution >= 4 is 11.3 Å². The van der Waals surface area contributed by atoms with Crippen molar-refractivity contribution in [3.8, 4) is 50.6 Å². The lowest BCUT2D eigenvalue weighted by atomic mass is 10.0. The van der Waals surface area contributed by atoms with Gasteiger partial charge in [0.25, 0.3) is 0 Å². The van der Waals surface area contributed by atoms with Crippen LogP contribution in [0.4, 0.5) is 13.2 Å². The molecule has 0 radical (unpaired) electrons. The predicted octanol–water partition coefficient (Wildman–Crippen LogP) is 7.54. The smallest absolute Gasteiger partial charge is 0.212 e. The zero-order valence-electron chi connectivity index (χ0n) is 27.1. The van der Waals surface area contributed by atoms with E-state index in [9.17, 15) is 23.4 Å². The number of imidazole rings is 2. The first kappa shape index (κ1) is 33.1. The van der Waals surface area contributed by atoms with Crippen LogP contribution in [0.3, 0.4) is 0 Å². The summed E-state index contributed by atoms with van der Waals surface area (Å²) in [5.41, 5.74) is 7.23. The molecule has 6 aromatic heterocycles. The summed E-state index contributed by atoms with van der Waals surface area (Å²) in [6.45, 7) is -0.746. The predicted molar refractivity (Wildman–Crippen MR) is 186 cm³/mol. The van der Waals surface area contributed by atoms with Crippen LogP contribution in [0.25, 0.3) is 56.1 Å². The highest BCUT2D eigenvalue weighted by Gasteiger charge is 2.14. The number of methoxy groups -OCH3 is 1. The lowest BCUT2D eigenvalue weighted by Gasteiger charge is -2.09. The Morgan fingerprint density at radius 3 is 1.69 bits per heavy atom. The minimum Gasteiger partial charge on any atom is -0.481 e. The van der Waals surface area contributed by atoms with Crippen LogP contribution in [0.5, 0.6) is 5.88 Å². The maximum atomic E-state index is 13.9. The highest BCUT2D eigenvalue weighted by molar-refractivity contribution is 5.71. The van der Waals surface area contributed by atoms with Crippen molar-refractivity contribution in [1.82, 2.24) is 28.7 Å². The molecule has 0 saturated heterocycles. The molecule has 2 aromatic carbocycles. The van der Waals surface area contributed by atoms with Gasteiger partial charge in [0.1, 0.15) is 22.9 Å². The van der Waals surface area contributed by atoms with Crippen molar-refractivity contribution in [2.24, 2.45) is 0 Å². The van der Waals surface area contributed by atoms with Crippen molar-refractivity contribution in [2.75, 3.05) is 7.11 Å². The highest BCUT2D eigenvalue weighted by Crippen LogP contribution is 2.30. The van der Waals surface area contributed by atoms with Gasteiger partial charge in [0.15, 0.2) is 5.82 Å². The summed E-state index contributed by atoms with van der Waals surface area (Å²) in [6, 6.07) is 22.0. The van der Waals surface area contributed by atoms with Gasteiger partial charge in [-0.3, -0.25) is 4.98 Å². The Hall–Kier alpha value is -6.37. The van der Waals surface area contributed by atoms with E-state index >= 15 is 0 Å². The van der Waals surface area contributed by atoms with Gasteiger partial charge in [0, 0.05) is 65.5 Å². The van der Waals surface area contributed by atoms with Gasteiger partial charge < -0.3 is 23.8 Å². The molecule has 0 aliphatic rings. The Morgan fingerprint density at radius 1 is 0.588 bits per heavy atom. The second-order valence-electron chi connectivity index (χ2n) is 11.4. The van der Waals surface area contributed by atoms with Gasteiger partial charge in [-0.15, -0.1) is 0 Å². The largest absolute Gasteiger partial charge is 0.481 e. The van der Waals surface area contributed by atoms with Crippen molar-refractivity contribution in [3.05, 3.63) is 151 Å². The number of ether oxygens (including phenoxy) is 1. The molecular formula is C39H29F3N6O3. The molecule has 6 heterocycles. The molecule has 0 aliphatic carbocycles. The summed E-state index contributed by atoms with van der Waals surface area (Å²) >= 11 is 0. The molecular weight excluding hydrogens is 657 g/mol. The first-order chi connectivity index (χ1) is 24.9. The number of halogens is 3. The number of pyridine rings is 4. The maximum Gasteiger partial charge on any atom is 0.212 e. The van der Waals surface area contributed by atoms with Crippen LogP contribution in [-0.2, 0) is 13.2 Å². The molecule has 0 bridgehead atoms. The highest BCUT2D eigenvalue weighted by atomic mass is 19.1. The lowest BCUT2D eigenvalue weighted by Crippen LogP contribution is -1.95. The van der Waals surface area contributed by atoms with Crippen LogP contribution < -0.4 is 4.74 Å². The minimum absolute atomic E-state index is 0.238. The summed E-state index contributed by atoms with van der Waals surface area (Å²) in [7, 11) is 1.57. The van der Waals surface area contributed by atoms with E-state index < -0.39 is 24.1 Å². The van der Waals surface area contributed by atoms with E-state index in [0.29, 0.717) is 33.9 Å². The monoisotopic (exact) mass is 686 g/mol. The Labute approximate surface area is 289 Å². The number of rotatable bonds is 7. The number of fused-ring (bicyclic) bond motifs is 2.